The maximum Gasteiger partial charge on any atom is 0.228 e. The average Bonchev–Trinajstić information content (AvgIpc) is 3.13. The van der Waals surface area contributed by atoms with Crippen molar-refractivity contribution in [3.05, 3.63) is 52.5 Å². The Morgan fingerprint density at radius 3 is 2.59 bits per heavy atom. The number of benzene rings is 2. The molecule has 6 nitrogen and oxygen atoms in total. The first kappa shape index (κ1) is 21.2. The first-order valence-corrected chi connectivity index (χ1v) is 10.3. The molecule has 1 aliphatic heterocycles. The van der Waals surface area contributed by atoms with Gasteiger partial charge in [0.1, 0.15) is 0 Å². The van der Waals surface area contributed by atoms with Crippen LogP contribution in [0, 0.1) is 5.92 Å². The standard InChI is InChI=1S/C22H25BrN2O4/c1-4-24(13-15-8-9-19(28-2)20(10-15)29-3)22(27)16-11-21(26)25(14-16)18-7-5-6-17(23)12-18/h5-10,12,16H,4,11,13-14H2,1-3H3. The molecule has 3 rings (SSSR count). The lowest BCUT2D eigenvalue weighted by molar-refractivity contribution is -0.136. The maximum absolute atomic E-state index is 13.1. The summed E-state index contributed by atoms with van der Waals surface area (Å²) in [7, 11) is 3.18. The SMILES string of the molecule is CCN(Cc1ccc(OC)c(OC)c1)C(=O)C1CC(=O)N(c2cccc(Br)c2)C1. The molecule has 1 heterocycles. The van der Waals surface area contributed by atoms with Crippen molar-refractivity contribution in [2.75, 3.05) is 32.2 Å². The molecular formula is C22H25BrN2O4. The van der Waals surface area contributed by atoms with Crippen LogP contribution in [-0.2, 0) is 16.1 Å². The van der Waals surface area contributed by atoms with Crippen molar-refractivity contribution in [3.63, 3.8) is 0 Å². The van der Waals surface area contributed by atoms with E-state index in [-0.39, 0.29) is 24.2 Å². The van der Waals surface area contributed by atoms with Gasteiger partial charge in [0, 0.05) is 36.2 Å². The molecule has 154 valence electrons. The van der Waals surface area contributed by atoms with Gasteiger partial charge in [-0.25, -0.2) is 0 Å². The fourth-order valence-electron chi connectivity index (χ4n) is 3.57. The Labute approximate surface area is 179 Å². The summed E-state index contributed by atoms with van der Waals surface area (Å²) in [5, 5.41) is 0. The Balaban J connectivity index is 1.72. The maximum atomic E-state index is 13.1. The molecule has 0 radical (unpaired) electrons. The van der Waals surface area contributed by atoms with Crippen LogP contribution in [0.2, 0.25) is 0 Å². The van der Waals surface area contributed by atoms with E-state index in [1.165, 1.54) is 0 Å². The number of nitrogens with zero attached hydrogens (tertiary/aromatic N) is 2. The van der Waals surface area contributed by atoms with Crippen LogP contribution in [0.1, 0.15) is 18.9 Å². The molecule has 29 heavy (non-hydrogen) atoms. The van der Waals surface area contributed by atoms with Gasteiger partial charge in [0.15, 0.2) is 11.5 Å². The Morgan fingerprint density at radius 1 is 1.17 bits per heavy atom. The van der Waals surface area contributed by atoms with Gasteiger partial charge in [0.25, 0.3) is 0 Å². The van der Waals surface area contributed by atoms with Crippen LogP contribution in [0.15, 0.2) is 46.9 Å². The summed E-state index contributed by atoms with van der Waals surface area (Å²) < 4.78 is 11.5. The zero-order valence-electron chi connectivity index (χ0n) is 16.9. The van der Waals surface area contributed by atoms with Gasteiger partial charge in [0.2, 0.25) is 11.8 Å². The van der Waals surface area contributed by atoms with Crippen molar-refractivity contribution in [2.45, 2.75) is 19.9 Å². The van der Waals surface area contributed by atoms with Crippen LogP contribution in [0.25, 0.3) is 0 Å². The number of amides is 2. The molecule has 1 atom stereocenters. The molecule has 2 aromatic carbocycles. The van der Waals surface area contributed by atoms with Crippen molar-refractivity contribution in [1.29, 1.82) is 0 Å². The monoisotopic (exact) mass is 460 g/mol. The summed E-state index contributed by atoms with van der Waals surface area (Å²) in [6.45, 7) is 3.37. The molecule has 1 aliphatic rings. The molecule has 2 aromatic rings. The van der Waals surface area contributed by atoms with Gasteiger partial charge in [0.05, 0.1) is 20.1 Å². The predicted octanol–water partition coefficient (Wildman–Crippen LogP) is 3.87. The van der Waals surface area contributed by atoms with E-state index in [0.717, 1.165) is 15.7 Å². The number of anilines is 1. The van der Waals surface area contributed by atoms with Gasteiger partial charge in [-0.3, -0.25) is 9.59 Å². The summed E-state index contributed by atoms with van der Waals surface area (Å²) in [5.41, 5.74) is 1.76. The number of carbonyl (C=O) groups is 2. The molecule has 1 unspecified atom stereocenters. The molecule has 0 spiro atoms. The minimum absolute atomic E-state index is 0.00636. The smallest absolute Gasteiger partial charge is 0.228 e. The van der Waals surface area contributed by atoms with E-state index in [1.807, 2.05) is 49.4 Å². The highest BCUT2D eigenvalue weighted by Gasteiger charge is 2.37. The highest BCUT2D eigenvalue weighted by molar-refractivity contribution is 9.10. The van der Waals surface area contributed by atoms with E-state index in [2.05, 4.69) is 15.9 Å². The summed E-state index contributed by atoms with van der Waals surface area (Å²) in [6, 6.07) is 13.2. The highest BCUT2D eigenvalue weighted by atomic mass is 79.9. The lowest BCUT2D eigenvalue weighted by atomic mass is 10.1. The molecule has 1 fully saturated rings. The van der Waals surface area contributed by atoms with Crippen LogP contribution in [-0.4, -0.2) is 44.0 Å². The summed E-state index contributed by atoms with van der Waals surface area (Å²) in [5.74, 6) is 0.903. The number of rotatable bonds is 7. The number of hydrogen-bond acceptors (Lipinski definition) is 4. The topological polar surface area (TPSA) is 59.1 Å². The fourth-order valence-corrected chi connectivity index (χ4v) is 3.96. The lowest BCUT2D eigenvalue weighted by Gasteiger charge is -2.25. The van der Waals surface area contributed by atoms with Gasteiger partial charge < -0.3 is 19.3 Å². The number of carbonyl (C=O) groups excluding carboxylic acids is 2. The Bertz CT molecular complexity index is 902. The second-order valence-corrected chi connectivity index (χ2v) is 7.84. The molecule has 0 aliphatic carbocycles. The molecule has 0 N–H and O–H groups in total. The van der Waals surface area contributed by atoms with Gasteiger partial charge in [-0.1, -0.05) is 28.1 Å². The van der Waals surface area contributed by atoms with E-state index in [9.17, 15) is 9.59 Å². The predicted molar refractivity (Wildman–Crippen MR) is 115 cm³/mol. The first-order chi connectivity index (χ1) is 14.0. The average molecular weight is 461 g/mol. The van der Waals surface area contributed by atoms with Crippen molar-refractivity contribution in [2.24, 2.45) is 5.92 Å². The quantitative estimate of drug-likeness (QED) is 0.629. The van der Waals surface area contributed by atoms with Crippen LogP contribution >= 0.6 is 15.9 Å². The summed E-state index contributed by atoms with van der Waals surface area (Å²) in [4.78, 5) is 29.1. The summed E-state index contributed by atoms with van der Waals surface area (Å²) in [6.07, 6.45) is 0.230. The number of ether oxygens (including phenoxy) is 2. The number of halogens is 1. The third-order valence-corrected chi connectivity index (χ3v) is 5.60. The fraction of sp³-hybridized carbons (Fsp3) is 0.364. The van der Waals surface area contributed by atoms with E-state index in [0.29, 0.717) is 31.1 Å². The number of methoxy groups -OCH3 is 2. The minimum Gasteiger partial charge on any atom is -0.493 e. The van der Waals surface area contributed by atoms with E-state index in [4.69, 9.17) is 9.47 Å². The molecule has 7 heteroatoms. The largest absolute Gasteiger partial charge is 0.493 e. The van der Waals surface area contributed by atoms with Crippen LogP contribution in [0.5, 0.6) is 11.5 Å². The second kappa shape index (κ2) is 9.31. The van der Waals surface area contributed by atoms with Crippen molar-refractivity contribution in [3.8, 4) is 11.5 Å². The van der Waals surface area contributed by atoms with E-state index < -0.39 is 0 Å². The zero-order chi connectivity index (χ0) is 21.0. The molecule has 0 bridgehead atoms. The molecule has 0 saturated carbocycles. The van der Waals surface area contributed by atoms with Crippen molar-refractivity contribution in [1.82, 2.24) is 4.90 Å². The summed E-state index contributed by atoms with van der Waals surface area (Å²) >= 11 is 3.43. The van der Waals surface area contributed by atoms with Gasteiger partial charge >= 0.3 is 0 Å². The van der Waals surface area contributed by atoms with Crippen LogP contribution in [0.3, 0.4) is 0 Å². The van der Waals surface area contributed by atoms with Gasteiger partial charge in [-0.05, 0) is 42.8 Å². The molecule has 0 aromatic heterocycles. The zero-order valence-corrected chi connectivity index (χ0v) is 18.4. The van der Waals surface area contributed by atoms with E-state index in [1.54, 1.807) is 24.0 Å². The molecule has 2 amide bonds. The second-order valence-electron chi connectivity index (χ2n) is 6.93. The third-order valence-electron chi connectivity index (χ3n) is 5.11. The minimum atomic E-state index is -0.346. The normalized spacial score (nSPS) is 16.1. The Kier molecular flexibility index (Phi) is 6.79. The van der Waals surface area contributed by atoms with E-state index >= 15 is 0 Å². The van der Waals surface area contributed by atoms with Crippen molar-refractivity contribution >= 4 is 33.4 Å². The molecule has 1 saturated heterocycles. The van der Waals surface area contributed by atoms with Crippen LogP contribution < -0.4 is 14.4 Å². The number of hydrogen-bond donors (Lipinski definition) is 0. The van der Waals surface area contributed by atoms with Gasteiger partial charge in [-0.15, -0.1) is 0 Å². The van der Waals surface area contributed by atoms with Gasteiger partial charge in [-0.2, -0.15) is 0 Å². The lowest BCUT2D eigenvalue weighted by Crippen LogP contribution is -2.37. The first-order valence-electron chi connectivity index (χ1n) is 9.52. The highest BCUT2D eigenvalue weighted by Crippen LogP contribution is 2.30. The molecular weight excluding hydrogens is 436 g/mol. The Morgan fingerprint density at radius 2 is 1.93 bits per heavy atom. The third kappa shape index (κ3) is 4.72. The Hall–Kier alpha value is -2.54. The van der Waals surface area contributed by atoms with Crippen LogP contribution in [0.4, 0.5) is 5.69 Å². The van der Waals surface area contributed by atoms with Crippen molar-refractivity contribution < 1.29 is 19.1 Å².